The van der Waals surface area contributed by atoms with Gasteiger partial charge in [0.25, 0.3) is 0 Å². The Balaban J connectivity index is 1.43. The van der Waals surface area contributed by atoms with Gasteiger partial charge in [0, 0.05) is 25.0 Å². The summed E-state index contributed by atoms with van der Waals surface area (Å²) in [6.45, 7) is 1.75. The Hall–Kier alpha value is -2.49. The van der Waals surface area contributed by atoms with Crippen LogP contribution in [0.4, 0.5) is 11.4 Å². The van der Waals surface area contributed by atoms with E-state index in [4.69, 9.17) is 5.73 Å². The number of hydrogen-bond donors (Lipinski definition) is 2. The first-order valence-corrected chi connectivity index (χ1v) is 9.21. The van der Waals surface area contributed by atoms with Crippen molar-refractivity contribution in [3.8, 4) is 0 Å². The Morgan fingerprint density at radius 2 is 1.88 bits per heavy atom. The van der Waals surface area contributed by atoms with Crippen molar-refractivity contribution in [3.63, 3.8) is 0 Å². The van der Waals surface area contributed by atoms with Gasteiger partial charge in [0.2, 0.25) is 0 Å². The van der Waals surface area contributed by atoms with Gasteiger partial charge in [-0.15, -0.1) is 0 Å². The Morgan fingerprint density at radius 1 is 1.04 bits per heavy atom. The SMILES string of the molecule is CN1CCCc2cc(CN=C(N)Nc3ccc4c(c3)CCC4)ccc21. The van der Waals surface area contributed by atoms with E-state index in [1.165, 1.54) is 53.6 Å². The Kier molecular flexibility index (Phi) is 4.35. The van der Waals surface area contributed by atoms with Gasteiger partial charge in [0.05, 0.1) is 6.54 Å². The summed E-state index contributed by atoms with van der Waals surface area (Å²) < 4.78 is 0. The molecule has 130 valence electrons. The van der Waals surface area contributed by atoms with Crippen molar-refractivity contribution in [1.29, 1.82) is 0 Å². The summed E-state index contributed by atoms with van der Waals surface area (Å²) in [5, 5.41) is 3.23. The Bertz CT molecular complexity index is 810. The zero-order valence-corrected chi connectivity index (χ0v) is 14.9. The number of nitrogens with zero attached hydrogens (tertiary/aromatic N) is 2. The van der Waals surface area contributed by atoms with Gasteiger partial charge in [-0.2, -0.15) is 0 Å². The zero-order chi connectivity index (χ0) is 17.2. The quantitative estimate of drug-likeness (QED) is 0.667. The van der Waals surface area contributed by atoms with Crippen LogP contribution < -0.4 is 16.0 Å². The zero-order valence-electron chi connectivity index (χ0n) is 14.9. The lowest BCUT2D eigenvalue weighted by Gasteiger charge is -2.27. The monoisotopic (exact) mass is 334 g/mol. The normalized spacial score (nSPS) is 16.5. The summed E-state index contributed by atoms with van der Waals surface area (Å²) in [5.41, 5.74) is 14.0. The summed E-state index contributed by atoms with van der Waals surface area (Å²) >= 11 is 0. The minimum Gasteiger partial charge on any atom is -0.374 e. The molecule has 4 heteroatoms. The van der Waals surface area contributed by atoms with Gasteiger partial charge in [-0.3, -0.25) is 0 Å². The van der Waals surface area contributed by atoms with Crippen LogP contribution >= 0.6 is 0 Å². The lowest BCUT2D eigenvalue weighted by Crippen LogP contribution is -2.24. The Morgan fingerprint density at radius 3 is 2.80 bits per heavy atom. The highest BCUT2D eigenvalue weighted by molar-refractivity contribution is 5.92. The largest absolute Gasteiger partial charge is 0.374 e. The second-order valence-corrected chi connectivity index (χ2v) is 7.15. The molecule has 2 aliphatic rings. The van der Waals surface area contributed by atoms with Gasteiger partial charge in [-0.1, -0.05) is 18.2 Å². The standard InChI is InChI=1S/C21H26N4/c1-25-11-3-6-18-12-15(7-10-20(18)25)14-23-21(22)24-19-9-8-16-4-2-5-17(16)13-19/h7-10,12-13H,2-6,11,14H2,1H3,(H3,22,23,24). The van der Waals surface area contributed by atoms with E-state index in [9.17, 15) is 0 Å². The van der Waals surface area contributed by atoms with Crippen molar-refractivity contribution in [1.82, 2.24) is 0 Å². The molecule has 0 aromatic heterocycles. The van der Waals surface area contributed by atoms with E-state index in [1.807, 2.05) is 0 Å². The molecule has 4 rings (SSSR count). The number of nitrogens with one attached hydrogen (secondary N) is 1. The molecule has 1 aliphatic carbocycles. The molecule has 4 nitrogen and oxygen atoms in total. The number of fused-ring (bicyclic) bond motifs is 2. The van der Waals surface area contributed by atoms with E-state index in [2.05, 4.69) is 58.7 Å². The average Bonchev–Trinajstić information content (AvgIpc) is 3.08. The molecule has 25 heavy (non-hydrogen) atoms. The number of benzene rings is 2. The highest BCUT2D eigenvalue weighted by Gasteiger charge is 2.13. The molecule has 0 fully saturated rings. The fourth-order valence-corrected chi connectivity index (χ4v) is 3.95. The minimum atomic E-state index is 0.479. The van der Waals surface area contributed by atoms with Crippen LogP contribution in [0.5, 0.6) is 0 Å². The molecule has 0 saturated carbocycles. The van der Waals surface area contributed by atoms with E-state index in [0.29, 0.717) is 12.5 Å². The average molecular weight is 334 g/mol. The van der Waals surface area contributed by atoms with Crippen molar-refractivity contribution in [3.05, 3.63) is 58.7 Å². The molecule has 2 aromatic carbocycles. The maximum atomic E-state index is 6.09. The van der Waals surface area contributed by atoms with Gasteiger partial charge in [-0.25, -0.2) is 4.99 Å². The number of aliphatic imine (C=N–C) groups is 1. The van der Waals surface area contributed by atoms with Crippen LogP contribution in [0.25, 0.3) is 0 Å². The Labute approximate surface area is 149 Å². The third kappa shape index (κ3) is 3.48. The molecule has 1 aliphatic heterocycles. The smallest absolute Gasteiger partial charge is 0.193 e. The fraction of sp³-hybridized carbons (Fsp3) is 0.381. The van der Waals surface area contributed by atoms with Crippen LogP contribution in [0, 0.1) is 0 Å². The fourth-order valence-electron chi connectivity index (χ4n) is 3.95. The number of anilines is 2. The highest BCUT2D eigenvalue weighted by atomic mass is 15.1. The van der Waals surface area contributed by atoms with Crippen LogP contribution in [0.3, 0.4) is 0 Å². The molecular weight excluding hydrogens is 308 g/mol. The van der Waals surface area contributed by atoms with Crippen molar-refractivity contribution < 1.29 is 0 Å². The van der Waals surface area contributed by atoms with E-state index >= 15 is 0 Å². The van der Waals surface area contributed by atoms with Gasteiger partial charge in [0.1, 0.15) is 0 Å². The van der Waals surface area contributed by atoms with Gasteiger partial charge in [-0.05, 0) is 72.6 Å². The third-order valence-electron chi connectivity index (χ3n) is 5.30. The number of aryl methyl sites for hydroxylation is 3. The van der Waals surface area contributed by atoms with Crippen LogP contribution in [-0.2, 0) is 25.8 Å². The second-order valence-electron chi connectivity index (χ2n) is 7.15. The number of guanidine groups is 1. The minimum absolute atomic E-state index is 0.479. The van der Waals surface area contributed by atoms with E-state index < -0.39 is 0 Å². The molecule has 0 atom stereocenters. The summed E-state index contributed by atoms with van der Waals surface area (Å²) in [4.78, 5) is 6.85. The predicted molar refractivity (Wildman–Crippen MR) is 105 cm³/mol. The van der Waals surface area contributed by atoms with Crippen LogP contribution in [-0.4, -0.2) is 19.6 Å². The molecular formula is C21H26N4. The molecule has 0 saturated heterocycles. The molecule has 0 radical (unpaired) electrons. The van der Waals surface area contributed by atoms with E-state index in [1.54, 1.807) is 0 Å². The summed E-state index contributed by atoms with van der Waals surface area (Å²) in [6.07, 6.45) is 6.01. The summed E-state index contributed by atoms with van der Waals surface area (Å²) in [7, 11) is 2.16. The number of nitrogens with two attached hydrogens (primary N) is 1. The van der Waals surface area contributed by atoms with Gasteiger partial charge >= 0.3 is 0 Å². The van der Waals surface area contributed by atoms with Crippen molar-refractivity contribution in [2.75, 3.05) is 23.8 Å². The maximum Gasteiger partial charge on any atom is 0.193 e. The topological polar surface area (TPSA) is 53.6 Å². The molecule has 1 heterocycles. The van der Waals surface area contributed by atoms with E-state index in [0.717, 1.165) is 18.7 Å². The molecule has 3 N–H and O–H groups in total. The van der Waals surface area contributed by atoms with Crippen LogP contribution in [0.1, 0.15) is 35.1 Å². The van der Waals surface area contributed by atoms with Gasteiger partial charge < -0.3 is 16.0 Å². The van der Waals surface area contributed by atoms with Crippen molar-refractivity contribution >= 4 is 17.3 Å². The molecule has 0 amide bonds. The summed E-state index contributed by atoms with van der Waals surface area (Å²) in [5.74, 6) is 0.479. The first-order chi connectivity index (χ1) is 12.2. The van der Waals surface area contributed by atoms with Crippen LogP contribution in [0.15, 0.2) is 41.4 Å². The van der Waals surface area contributed by atoms with Crippen molar-refractivity contribution in [2.24, 2.45) is 10.7 Å². The van der Waals surface area contributed by atoms with Crippen molar-refractivity contribution in [2.45, 2.75) is 38.6 Å². The maximum absolute atomic E-state index is 6.09. The molecule has 0 bridgehead atoms. The second kappa shape index (κ2) is 6.79. The van der Waals surface area contributed by atoms with Crippen LogP contribution in [0.2, 0.25) is 0 Å². The van der Waals surface area contributed by atoms with Gasteiger partial charge in [0.15, 0.2) is 5.96 Å². The lowest BCUT2D eigenvalue weighted by molar-refractivity contribution is 0.743. The predicted octanol–water partition coefficient (Wildman–Crippen LogP) is 3.48. The number of hydrogen-bond acceptors (Lipinski definition) is 2. The lowest BCUT2D eigenvalue weighted by atomic mass is 10.00. The molecule has 0 unspecified atom stereocenters. The number of rotatable bonds is 3. The molecule has 0 spiro atoms. The molecule has 2 aromatic rings. The third-order valence-corrected chi connectivity index (χ3v) is 5.30. The van der Waals surface area contributed by atoms with E-state index in [-0.39, 0.29) is 0 Å². The summed E-state index contributed by atoms with van der Waals surface area (Å²) in [6, 6.07) is 13.2. The first-order valence-electron chi connectivity index (χ1n) is 9.21. The highest BCUT2D eigenvalue weighted by Crippen LogP contribution is 2.27. The first kappa shape index (κ1) is 16.0.